The van der Waals surface area contributed by atoms with Crippen molar-refractivity contribution in [1.82, 2.24) is 0 Å². The highest BCUT2D eigenvalue weighted by Crippen LogP contribution is 2.48. The fraction of sp³-hybridized carbons (Fsp3) is 0.609. The molecule has 1 heterocycles. The molecule has 2 rings (SSSR count). The van der Waals surface area contributed by atoms with Gasteiger partial charge in [-0.25, -0.2) is 4.79 Å². The Morgan fingerprint density at radius 3 is 2.55 bits per heavy atom. The van der Waals surface area contributed by atoms with Crippen molar-refractivity contribution in [1.29, 1.82) is 0 Å². The fourth-order valence-electron chi connectivity index (χ4n) is 3.32. The Morgan fingerprint density at radius 1 is 1.28 bits per heavy atom. The third kappa shape index (κ3) is 5.31. The number of rotatable bonds is 9. The lowest BCUT2D eigenvalue weighted by atomic mass is 9.79. The van der Waals surface area contributed by atoms with Gasteiger partial charge in [0, 0.05) is 23.1 Å². The van der Waals surface area contributed by atoms with E-state index in [0.717, 1.165) is 25.7 Å². The van der Waals surface area contributed by atoms with E-state index in [2.05, 4.69) is 6.92 Å². The van der Waals surface area contributed by atoms with E-state index in [4.69, 9.17) is 9.47 Å². The molecule has 2 unspecified atom stereocenters. The summed E-state index contributed by atoms with van der Waals surface area (Å²) in [6.07, 6.45) is 8.29. The number of aliphatic hydroxyl groups is 1. The van der Waals surface area contributed by atoms with Gasteiger partial charge in [-0.1, -0.05) is 38.0 Å². The second kappa shape index (κ2) is 9.18. The third-order valence-electron chi connectivity index (χ3n) is 5.03. The first-order chi connectivity index (χ1) is 13.6. The van der Waals surface area contributed by atoms with Gasteiger partial charge in [0.1, 0.15) is 5.60 Å². The van der Waals surface area contributed by atoms with E-state index in [9.17, 15) is 19.5 Å². The van der Waals surface area contributed by atoms with E-state index in [1.165, 1.54) is 0 Å². The molecule has 1 aliphatic carbocycles. The Balaban J connectivity index is 2.18. The van der Waals surface area contributed by atoms with Gasteiger partial charge < -0.3 is 14.6 Å². The smallest absolute Gasteiger partial charge is 0.333 e. The minimum Gasteiger partial charge on any atom is -0.457 e. The first kappa shape index (κ1) is 23.2. The monoisotopic (exact) mass is 404 g/mol. The highest BCUT2D eigenvalue weighted by Gasteiger charge is 2.68. The average Bonchev–Trinajstić information content (AvgIpc) is 3.38. The maximum atomic E-state index is 13.1. The number of carbonyl (C=O) groups is 3. The molecular formula is C23H32O6. The zero-order valence-corrected chi connectivity index (χ0v) is 18.0. The van der Waals surface area contributed by atoms with E-state index >= 15 is 0 Å². The summed E-state index contributed by atoms with van der Waals surface area (Å²) in [7, 11) is 0. The number of ether oxygens (including phenoxy) is 2. The van der Waals surface area contributed by atoms with E-state index in [0.29, 0.717) is 5.57 Å². The molecule has 1 saturated heterocycles. The summed E-state index contributed by atoms with van der Waals surface area (Å²) >= 11 is 0. The standard InChI is InChI=1S/C23H32O6/c1-6-7-8-9-10-11-16-17(14-24)18(25)20-23(28-20,19(16)26)13-12-15(2)21(27)29-22(3,4)5/h10-12,20,24H,6-9,13-14H2,1-5H3/b11-10+,15-12+. The quantitative estimate of drug-likeness (QED) is 0.274. The predicted octanol–water partition coefficient (Wildman–Crippen LogP) is 3.38. The van der Waals surface area contributed by atoms with Crippen LogP contribution in [0.25, 0.3) is 0 Å². The number of hydrogen-bond acceptors (Lipinski definition) is 6. The molecule has 160 valence electrons. The lowest BCUT2D eigenvalue weighted by molar-refractivity contribution is -0.149. The molecule has 29 heavy (non-hydrogen) atoms. The van der Waals surface area contributed by atoms with Crippen LogP contribution in [0.5, 0.6) is 0 Å². The molecule has 0 aromatic heterocycles. The highest BCUT2D eigenvalue weighted by molar-refractivity contribution is 6.22. The van der Waals surface area contributed by atoms with Crippen molar-refractivity contribution < 1.29 is 29.0 Å². The molecule has 6 nitrogen and oxygen atoms in total. The minimum absolute atomic E-state index is 0.104. The Hall–Kier alpha value is -2.05. The molecule has 2 aliphatic rings. The highest BCUT2D eigenvalue weighted by atomic mass is 16.6. The van der Waals surface area contributed by atoms with Crippen LogP contribution in [0, 0.1) is 0 Å². The summed E-state index contributed by atoms with van der Waals surface area (Å²) in [5.41, 5.74) is -1.22. The van der Waals surface area contributed by atoms with E-state index < -0.39 is 29.9 Å². The molecule has 6 heteroatoms. The molecule has 2 atom stereocenters. The lowest BCUT2D eigenvalue weighted by Crippen LogP contribution is -2.38. The molecule has 0 radical (unpaired) electrons. The van der Waals surface area contributed by atoms with Gasteiger partial charge >= 0.3 is 5.97 Å². The minimum atomic E-state index is -1.28. The van der Waals surface area contributed by atoms with E-state index in [1.807, 2.05) is 6.08 Å². The van der Waals surface area contributed by atoms with Crippen LogP contribution in [0.3, 0.4) is 0 Å². The number of ketones is 2. The molecule has 0 aromatic carbocycles. The number of allylic oxidation sites excluding steroid dienone is 2. The number of unbranched alkanes of at least 4 members (excludes halogenated alkanes) is 3. The Morgan fingerprint density at radius 2 is 1.97 bits per heavy atom. The maximum Gasteiger partial charge on any atom is 0.333 e. The topological polar surface area (TPSA) is 93.2 Å². The maximum absolute atomic E-state index is 13.1. The molecule has 1 fully saturated rings. The summed E-state index contributed by atoms with van der Waals surface area (Å²) in [5.74, 6) is -1.14. The van der Waals surface area contributed by atoms with E-state index in [-0.39, 0.29) is 29.1 Å². The zero-order valence-electron chi connectivity index (χ0n) is 18.0. The van der Waals surface area contributed by atoms with Crippen molar-refractivity contribution >= 4 is 17.5 Å². The van der Waals surface area contributed by atoms with Crippen molar-refractivity contribution in [2.75, 3.05) is 6.61 Å². The van der Waals surface area contributed by atoms with Crippen molar-refractivity contribution in [2.24, 2.45) is 0 Å². The Labute approximate surface area is 172 Å². The van der Waals surface area contributed by atoms with Crippen molar-refractivity contribution in [3.63, 3.8) is 0 Å². The second-order valence-electron chi connectivity index (χ2n) is 8.62. The molecule has 0 saturated carbocycles. The average molecular weight is 405 g/mol. The van der Waals surface area contributed by atoms with Gasteiger partial charge in [0.2, 0.25) is 0 Å². The summed E-state index contributed by atoms with van der Waals surface area (Å²) in [6.45, 7) is 8.56. The van der Waals surface area contributed by atoms with Gasteiger partial charge in [0.25, 0.3) is 0 Å². The normalized spacial score (nSPS) is 24.9. The molecule has 1 N–H and O–H groups in total. The largest absolute Gasteiger partial charge is 0.457 e. The Bertz CT molecular complexity index is 765. The van der Waals surface area contributed by atoms with Crippen molar-refractivity contribution in [3.8, 4) is 0 Å². The number of aliphatic hydroxyl groups excluding tert-OH is 1. The van der Waals surface area contributed by atoms with Crippen LogP contribution in [0.1, 0.15) is 66.7 Å². The number of fused-ring (bicyclic) bond motifs is 1. The third-order valence-corrected chi connectivity index (χ3v) is 5.03. The van der Waals surface area contributed by atoms with Crippen LogP contribution in [0.15, 0.2) is 34.9 Å². The van der Waals surface area contributed by atoms with Gasteiger partial charge in [-0.2, -0.15) is 0 Å². The number of carbonyl (C=O) groups excluding carboxylic acids is 3. The van der Waals surface area contributed by atoms with Crippen LogP contribution in [0.2, 0.25) is 0 Å². The van der Waals surface area contributed by atoms with Gasteiger partial charge in [0.15, 0.2) is 23.3 Å². The van der Waals surface area contributed by atoms with Crippen molar-refractivity contribution in [3.05, 3.63) is 34.9 Å². The van der Waals surface area contributed by atoms with Gasteiger partial charge in [-0.05, 0) is 40.5 Å². The van der Waals surface area contributed by atoms with Crippen LogP contribution in [-0.4, -0.2) is 46.6 Å². The first-order valence-electron chi connectivity index (χ1n) is 10.2. The molecule has 0 bridgehead atoms. The summed E-state index contributed by atoms with van der Waals surface area (Å²) in [4.78, 5) is 37.9. The summed E-state index contributed by atoms with van der Waals surface area (Å²) < 4.78 is 10.9. The van der Waals surface area contributed by atoms with Gasteiger partial charge in [0.05, 0.1) is 6.61 Å². The van der Waals surface area contributed by atoms with Crippen molar-refractivity contribution in [2.45, 2.75) is 84.0 Å². The van der Waals surface area contributed by atoms with Crippen LogP contribution < -0.4 is 0 Å². The molecular weight excluding hydrogens is 372 g/mol. The van der Waals surface area contributed by atoms with Crippen LogP contribution in [0.4, 0.5) is 0 Å². The number of epoxide rings is 1. The molecule has 0 spiro atoms. The number of hydrogen-bond donors (Lipinski definition) is 1. The number of Topliss-reactive ketones (excluding diaryl/α,β-unsaturated/α-hetero) is 2. The zero-order chi connectivity index (χ0) is 21.8. The predicted molar refractivity (Wildman–Crippen MR) is 109 cm³/mol. The second-order valence-corrected chi connectivity index (χ2v) is 8.62. The first-order valence-corrected chi connectivity index (χ1v) is 10.2. The van der Waals surface area contributed by atoms with Gasteiger partial charge in [-0.3, -0.25) is 9.59 Å². The molecule has 1 aliphatic heterocycles. The molecule has 0 amide bonds. The number of esters is 1. The van der Waals surface area contributed by atoms with E-state index in [1.54, 1.807) is 39.8 Å². The summed E-state index contributed by atoms with van der Waals surface area (Å²) in [6, 6.07) is 0. The SMILES string of the molecule is CCCCC/C=C/C1=C(CO)C(=O)C2OC2(C/C=C(\C)C(=O)OC(C)(C)C)C1=O. The Kier molecular flexibility index (Phi) is 7.35. The van der Waals surface area contributed by atoms with Crippen LogP contribution in [-0.2, 0) is 23.9 Å². The fourth-order valence-corrected chi connectivity index (χ4v) is 3.32. The molecule has 0 aromatic rings. The summed E-state index contributed by atoms with van der Waals surface area (Å²) in [5, 5.41) is 9.62. The van der Waals surface area contributed by atoms with Gasteiger partial charge in [-0.15, -0.1) is 0 Å². The lowest BCUT2D eigenvalue weighted by Gasteiger charge is -2.20. The van der Waals surface area contributed by atoms with Crippen LogP contribution >= 0.6 is 0 Å².